The standard InChI is InChI=1S/C11H19ClN4OS/c1-7(2)17-11-15-9(12)14-10(16-11)13-5-8(3)6-18-4/h7-8H,5-6H2,1-4H3,(H,13,14,15,16). The molecule has 18 heavy (non-hydrogen) atoms. The Balaban J connectivity index is 2.62. The zero-order chi connectivity index (χ0) is 13.5. The van der Waals surface area contributed by atoms with Crippen molar-refractivity contribution >= 4 is 29.3 Å². The topological polar surface area (TPSA) is 59.9 Å². The van der Waals surface area contributed by atoms with E-state index >= 15 is 0 Å². The predicted octanol–water partition coefficient (Wildman–Crippen LogP) is 2.72. The number of halogens is 1. The average Bonchev–Trinajstić information content (AvgIpc) is 2.25. The maximum atomic E-state index is 5.82. The molecule has 7 heteroatoms. The quantitative estimate of drug-likeness (QED) is 0.833. The van der Waals surface area contributed by atoms with Gasteiger partial charge in [0.15, 0.2) is 0 Å². The third-order valence-corrected chi connectivity index (χ3v) is 3.06. The Kier molecular flexibility index (Phi) is 6.49. The fourth-order valence-electron chi connectivity index (χ4n) is 1.28. The Morgan fingerprint density at radius 3 is 2.61 bits per heavy atom. The van der Waals surface area contributed by atoms with Gasteiger partial charge in [-0.15, -0.1) is 0 Å². The van der Waals surface area contributed by atoms with Crippen molar-refractivity contribution in [1.82, 2.24) is 15.0 Å². The molecule has 1 rings (SSSR count). The fraction of sp³-hybridized carbons (Fsp3) is 0.727. The van der Waals surface area contributed by atoms with Crippen molar-refractivity contribution in [2.75, 3.05) is 23.9 Å². The van der Waals surface area contributed by atoms with E-state index in [1.165, 1.54) is 0 Å². The van der Waals surface area contributed by atoms with Crippen molar-refractivity contribution in [1.29, 1.82) is 0 Å². The molecule has 0 bridgehead atoms. The third kappa shape index (κ3) is 5.73. The number of anilines is 1. The van der Waals surface area contributed by atoms with Crippen molar-refractivity contribution in [3.63, 3.8) is 0 Å². The molecule has 0 aromatic carbocycles. The summed E-state index contributed by atoms with van der Waals surface area (Å²) >= 11 is 7.64. The van der Waals surface area contributed by atoms with Gasteiger partial charge in [0, 0.05) is 6.54 Å². The number of ether oxygens (including phenoxy) is 1. The Morgan fingerprint density at radius 2 is 2.00 bits per heavy atom. The fourth-order valence-corrected chi connectivity index (χ4v) is 2.12. The Labute approximate surface area is 117 Å². The highest BCUT2D eigenvalue weighted by Crippen LogP contribution is 2.13. The van der Waals surface area contributed by atoms with E-state index < -0.39 is 0 Å². The largest absolute Gasteiger partial charge is 0.461 e. The lowest BCUT2D eigenvalue weighted by Gasteiger charge is -2.12. The first kappa shape index (κ1) is 15.3. The second-order valence-electron chi connectivity index (χ2n) is 4.32. The molecule has 0 aliphatic rings. The molecule has 0 radical (unpaired) electrons. The summed E-state index contributed by atoms with van der Waals surface area (Å²) in [6.07, 6.45) is 2.09. The summed E-state index contributed by atoms with van der Waals surface area (Å²) in [5, 5.41) is 3.28. The molecule has 1 aromatic rings. The summed E-state index contributed by atoms with van der Waals surface area (Å²) < 4.78 is 5.40. The number of aromatic nitrogens is 3. The summed E-state index contributed by atoms with van der Waals surface area (Å²) in [5.74, 6) is 2.07. The lowest BCUT2D eigenvalue weighted by molar-refractivity contribution is 0.222. The van der Waals surface area contributed by atoms with Gasteiger partial charge >= 0.3 is 6.01 Å². The van der Waals surface area contributed by atoms with E-state index in [-0.39, 0.29) is 17.4 Å². The Morgan fingerprint density at radius 1 is 1.28 bits per heavy atom. The molecule has 1 heterocycles. The minimum absolute atomic E-state index is 0.00623. The second-order valence-corrected chi connectivity index (χ2v) is 5.57. The van der Waals surface area contributed by atoms with Crippen molar-refractivity contribution in [2.24, 2.45) is 5.92 Å². The summed E-state index contributed by atoms with van der Waals surface area (Å²) in [6.45, 7) is 6.77. The van der Waals surface area contributed by atoms with Crippen molar-refractivity contribution in [3.05, 3.63) is 5.28 Å². The van der Waals surface area contributed by atoms with Crippen LogP contribution in [0.4, 0.5) is 5.95 Å². The van der Waals surface area contributed by atoms with Crippen LogP contribution in [0.1, 0.15) is 20.8 Å². The van der Waals surface area contributed by atoms with Crippen molar-refractivity contribution in [3.8, 4) is 6.01 Å². The molecule has 0 amide bonds. The zero-order valence-electron chi connectivity index (χ0n) is 11.1. The van der Waals surface area contributed by atoms with E-state index in [4.69, 9.17) is 16.3 Å². The molecule has 1 unspecified atom stereocenters. The maximum absolute atomic E-state index is 5.82. The van der Waals surface area contributed by atoms with E-state index in [2.05, 4.69) is 33.4 Å². The SMILES string of the molecule is CSCC(C)CNc1nc(Cl)nc(OC(C)C)n1. The normalized spacial score (nSPS) is 12.6. The number of thioether (sulfide) groups is 1. The van der Waals surface area contributed by atoms with Gasteiger partial charge in [0.25, 0.3) is 0 Å². The van der Waals surface area contributed by atoms with Crippen LogP contribution in [-0.4, -0.2) is 39.6 Å². The van der Waals surface area contributed by atoms with Crippen LogP contribution in [0, 0.1) is 5.92 Å². The molecule has 0 aliphatic heterocycles. The summed E-state index contributed by atoms with van der Waals surface area (Å²) in [7, 11) is 0. The molecule has 0 saturated heterocycles. The highest BCUT2D eigenvalue weighted by molar-refractivity contribution is 7.98. The number of nitrogens with zero attached hydrogens (tertiary/aromatic N) is 3. The first-order chi connectivity index (χ1) is 8.51. The maximum Gasteiger partial charge on any atom is 0.322 e. The molecular formula is C11H19ClN4OS. The molecule has 102 valence electrons. The highest BCUT2D eigenvalue weighted by Gasteiger charge is 2.08. The molecule has 0 spiro atoms. The molecule has 0 saturated carbocycles. The molecule has 1 N–H and O–H groups in total. The van der Waals surface area contributed by atoms with Crippen LogP contribution in [0.3, 0.4) is 0 Å². The average molecular weight is 291 g/mol. The van der Waals surface area contributed by atoms with Crippen LogP contribution in [-0.2, 0) is 0 Å². The molecule has 0 fully saturated rings. The van der Waals surface area contributed by atoms with Gasteiger partial charge in [0.2, 0.25) is 11.2 Å². The van der Waals surface area contributed by atoms with Crippen LogP contribution < -0.4 is 10.1 Å². The van der Waals surface area contributed by atoms with Crippen LogP contribution in [0.5, 0.6) is 6.01 Å². The first-order valence-corrected chi connectivity index (χ1v) is 7.59. The minimum Gasteiger partial charge on any atom is -0.461 e. The molecular weight excluding hydrogens is 272 g/mol. The van der Waals surface area contributed by atoms with Gasteiger partial charge in [-0.3, -0.25) is 0 Å². The lowest BCUT2D eigenvalue weighted by atomic mass is 10.2. The molecule has 5 nitrogen and oxygen atoms in total. The van der Waals surface area contributed by atoms with Gasteiger partial charge in [-0.2, -0.15) is 26.7 Å². The van der Waals surface area contributed by atoms with Crippen LogP contribution in [0.2, 0.25) is 5.28 Å². The van der Waals surface area contributed by atoms with Gasteiger partial charge in [0.1, 0.15) is 0 Å². The van der Waals surface area contributed by atoms with Crippen molar-refractivity contribution in [2.45, 2.75) is 26.9 Å². The molecule has 0 aliphatic carbocycles. The Bertz CT molecular complexity index is 378. The van der Waals surface area contributed by atoms with Gasteiger partial charge in [-0.05, 0) is 43.4 Å². The minimum atomic E-state index is 0.00623. The predicted molar refractivity (Wildman–Crippen MR) is 76.6 cm³/mol. The smallest absolute Gasteiger partial charge is 0.322 e. The van der Waals surface area contributed by atoms with Crippen molar-refractivity contribution < 1.29 is 4.74 Å². The van der Waals surface area contributed by atoms with E-state index in [9.17, 15) is 0 Å². The number of nitrogens with one attached hydrogen (secondary N) is 1. The zero-order valence-corrected chi connectivity index (χ0v) is 12.7. The molecule has 1 atom stereocenters. The summed E-state index contributed by atoms with van der Waals surface area (Å²) in [5.41, 5.74) is 0. The van der Waals surface area contributed by atoms with Gasteiger partial charge in [0.05, 0.1) is 6.10 Å². The first-order valence-electron chi connectivity index (χ1n) is 5.82. The highest BCUT2D eigenvalue weighted by atomic mass is 35.5. The van der Waals surface area contributed by atoms with Crippen LogP contribution in [0.25, 0.3) is 0 Å². The van der Waals surface area contributed by atoms with E-state index in [0.717, 1.165) is 12.3 Å². The van der Waals surface area contributed by atoms with Gasteiger partial charge < -0.3 is 10.1 Å². The number of hydrogen-bond acceptors (Lipinski definition) is 6. The Hall–Kier alpha value is -0.750. The summed E-state index contributed by atoms with van der Waals surface area (Å²) in [4.78, 5) is 12.1. The number of rotatable bonds is 7. The van der Waals surface area contributed by atoms with Gasteiger partial charge in [-0.25, -0.2) is 0 Å². The van der Waals surface area contributed by atoms with Gasteiger partial charge in [-0.1, -0.05) is 6.92 Å². The molecule has 1 aromatic heterocycles. The van der Waals surface area contributed by atoms with E-state index in [1.807, 2.05) is 25.6 Å². The van der Waals surface area contributed by atoms with E-state index in [1.54, 1.807) is 0 Å². The monoisotopic (exact) mass is 290 g/mol. The van der Waals surface area contributed by atoms with Crippen LogP contribution >= 0.6 is 23.4 Å². The van der Waals surface area contributed by atoms with E-state index in [0.29, 0.717) is 11.9 Å². The number of hydrogen-bond donors (Lipinski definition) is 1. The van der Waals surface area contributed by atoms with Crippen LogP contribution in [0.15, 0.2) is 0 Å². The second kappa shape index (κ2) is 7.63. The third-order valence-electron chi connectivity index (χ3n) is 1.99. The lowest BCUT2D eigenvalue weighted by Crippen LogP contribution is -2.16. The summed E-state index contributed by atoms with van der Waals surface area (Å²) in [6, 6.07) is 0.255.